The van der Waals surface area contributed by atoms with Gasteiger partial charge in [0.25, 0.3) is 0 Å². The molecule has 2 aliphatic carbocycles. The molecule has 0 N–H and O–H groups in total. The van der Waals surface area contributed by atoms with Crippen molar-refractivity contribution in [2.45, 2.75) is 84.6 Å². The Bertz CT molecular complexity index is 5190. The Hall–Kier alpha value is -9.21. The zero-order valence-electron chi connectivity index (χ0n) is 52.5. The van der Waals surface area contributed by atoms with Gasteiger partial charge in [-0.15, -0.1) is 0 Å². The molecule has 0 unspecified atom stereocenters. The van der Waals surface area contributed by atoms with Crippen LogP contribution in [0.25, 0.3) is 49.7 Å². The Morgan fingerprint density at radius 3 is 1.07 bits per heavy atom. The highest BCUT2D eigenvalue weighted by Crippen LogP contribution is 2.60. The van der Waals surface area contributed by atoms with Gasteiger partial charge in [-0.05, 0) is 172 Å². The summed E-state index contributed by atoms with van der Waals surface area (Å²) >= 11 is 8.10. The quantitative estimate of drug-likeness (QED) is 0.146. The number of hydrogen-bond acceptors (Lipinski definition) is 6. The topological polar surface area (TPSA) is 11.4 Å². The van der Waals surface area contributed by atoms with Gasteiger partial charge in [-0.25, -0.2) is 0 Å². The largest absolute Gasteiger partial charge is 0.310 e. The second-order valence-corrected chi connectivity index (χ2v) is 31.2. The summed E-state index contributed by atoms with van der Waals surface area (Å²) in [5.74, 6) is 0. The minimum Gasteiger partial charge on any atom is -0.310 e. The Kier molecular flexibility index (Phi) is 12.0. The van der Waals surface area contributed by atoms with E-state index in [9.17, 15) is 0 Å². The van der Waals surface area contributed by atoms with Crippen LogP contribution in [0.15, 0.2) is 306 Å². The van der Waals surface area contributed by atoms with E-state index in [1.807, 2.05) is 47.0 Å². The molecule has 0 fully saturated rings. The van der Waals surface area contributed by atoms with Crippen LogP contribution in [0.4, 0.5) is 34.1 Å². The molecule has 0 amide bonds. The van der Waals surface area contributed by atoms with Crippen molar-refractivity contribution in [3.05, 3.63) is 295 Å². The molecule has 20 rings (SSSR count). The van der Waals surface area contributed by atoms with E-state index in [1.54, 1.807) is 0 Å². The molecule has 1 aromatic heterocycles. The molecular formula is C85H59B2N3S4. The first-order valence-electron chi connectivity index (χ1n) is 32.7. The van der Waals surface area contributed by atoms with Crippen LogP contribution in [-0.2, 0) is 10.8 Å². The second kappa shape index (κ2) is 20.4. The van der Waals surface area contributed by atoms with Crippen LogP contribution in [0, 0.1) is 6.92 Å². The Labute approximate surface area is 566 Å². The van der Waals surface area contributed by atoms with Crippen LogP contribution in [0.3, 0.4) is 0 Å². The number of hydrogen-bond donors (Lipinski definition) is 0. The van der Waals surface area contributed by atoms with Crippen LogP contribution in [0.1, 0.15) is 55.5 Å². The summed E-state index contributed by atoms with van der Waals surface area (Å²) < 4.78 is 2.70. The number of benzene rings is 13. The summed E-state index contributed by atoms with van der Waals surface area (Å²) in [5.41, 5.74) is 31.0. The van der Waals surface area contributed by atoms with Gasteiger partial charge < -0.3 is 14.4 Å². The van der Waals surface area contributed by atoms with Gasteiger partial charge in [-0.3, -0.25) is 0 Å². The predicted molar refractivity (Wildman–Crippen MR) is 402 cm³/mol. The number of aromatic nitrogens is 1. The van der Waals surface area contributed by atoms with Crippen molar-refractivity contribution < 1.29 is 0 Å². The van der Waals surface area contributed by atoms with Crippen LogP contribution >= 0.6 is 47.0 Å². The zero-order chi connectivity index (χ0) is 62.5. The average Bonchev–Trinajstić information content (AvgIpc) is 1.20. The third-order valence-electron chi connectivity index (χ3n) is 21.3. The first-order chi connectivity index (χ1) is 46.1. The maximum atomic E-state index is 2.70. The zero-order valence-corrected chi connectivity index (χ0v) is 55.8. The number of nitrogens with zero attached hydrogens (tertiary/aromatic N) is 3. The minimum atomic E-state index is -0.309. The normalized spacial score (nSPS) is 14.8. The first kappa shape index (κ1) is 55.3. The number of para-hydroxylation sites is 6. The van der Waals surface area contributed by atoms with E-state index >= 15 is 0 Å². The molecule has 444 valence electrons. The lowest BCUT2D eigenvalue weighted by Gasteiger charge is -2.42. The smallest absolute Gasteiger partial charge is 0.247 e. The first-order valence-corrected chi connectivity index (χ1v) is 36.0. The lowest BCUT2D eigenvalue weighted by atomic mass is 9.31. The highest BCUT2D eigenvalue weighted by Gasteiger charge is 2.52. The van der Waals surface area contributed by atoms with Crippen molar-refractivity contribution in [3.8, 4) is 27.9 Å². The van der Waals surface area contributed by atoms with E-state index < -0.39 is 0 Å². The molecular weight excluding hydrogens is 1210 g/mol. The molecule has 0 spiro atoms. The van der Waals surface area contributed by atoms with Gasteiger partial charge in [-0.2, -0.15) is 0 Å². The molecule has 5 heterocycles. The Morgan fingerprint density at radius 1 is 0.319 bits per heavy atom. The maximum absolute atomic E-state index is 2.70. The predicted octanol–water partition coefficient (Wildman–Crippen LogP) is 19.5. The fourth-order valence-corrected chi connectivity index (χ4v) is 23.2. The SMILES string of the molecule is Cc1c2c(c(-n3c4ccccc4c4ccccc43)c3c1B1c4ccccc4Sc4c1c(cc1c4C(C)(C)c4cc(N(c5ccccc5)c5ccccc5)ccc4-1)S3)Sc1cc3c(c4c1B2c1ccccc1S4)C(C)(C)c1cc(N(c2ccccc2)c2ccccc2)ccc1-3. The standard InChI is InChI=1S/C85H59B2N3S4/c1-50-75-82(93-71-48-61-57-44-42-55(88(51-26-10-6-11-27-51)52-28-12-7-13-29-52)46-63(57)84(2,3)73(61)80-77(71)86(75)65-36-20-24-40-69(65)91-80)79(90-67-38-22-18-34-59(67)60-35-19-23-39-68(60)90)83-76(50)87-66-37-21-25-41-70(66)92-81-74-62(49-72(94-83)78(81)87)58-45-43-56(47-64(58)85(74,4)5)89(53-30-14-8-15-31-53)54-32-16-9-17-33-54/h6-49H,1-5H3. The van der Waals surface area contributed by atoms with Crippen molar-refractivity contribution in [3.63, 3.8) is 0 Å². The van der Waals surface area contributed by atoms with Crippen LogP contribution in [-0.4, -0.2) is 18.0 Å². The monoisotopic (exact) mass is 1270 g/mol. The minimum absolute atomic E-state index is 0.0177. The second-order valence-electron chi connectivity index (χ2n) is 27.0. The molecule has 4 aliphatic heterocycles. The molecule has 0 saturated heterocycles. The number of rotatable bonds is 7. The van der Waals surface area contributed by atoms with Crippen LogP contribution in [0.2, 0.25) is 0 Å². The van der Waals surface area contributed by atoms with Gasteiger partial charge >= 0.3 is 0 Å². The molecule has 94 heavy (non-hydrogen) atoms. The number of fused-ring (bicyclic) bond motifs is 19. The summed E-state index contributed by atoms with van der Waals surface area (Å²) in [5, 5.41) is 2.55. The fraction of sp³-hybridized carbons (Fsp3) is 0.0824. The summed E-state index contributed by atoms with van der Waals surface area (Å²) in [6.07, 6.45) is 0. The maximum Gasteiger partial charge on any atom is 0.247 e. The lowest BCUT2D eigenvalue weighted by molar-refractivity contribution is 0.647. The van der Waals surface area contributed by atoms with Crippen molar-refractivity contribution in [2.75, 3.05) is 9.80 Å². The molecule has 0 radical (unpaired) electrons. The van der Waals surface area contributed by atoms with Gasteiger partial charge in [-0.1, -0.05) is 260 Å². The highest BCUT2D eigenvalue weighted by atomic mass is 32.2. The van der Waals surface area contributed by atoms with Crippen LogP contribution in [0.5, 0.6) is 0 Å². The summed E-state index contributed by atoms with van der Waals surface area (Å²) in [6, 6.07) is 101. The molecule has 3 nitrogen and oxygen atoms in total. The van der Waals surface area contributed by atoms with E-state index in [2.05, 4.69) is 316 Å². The van der Waals surface area contributed by atoms with E-state index in [4.69, 9.17) is 0 Å². The van der Waals surface area contributed by atoms with Crippen LogP contribution < -0.4 is 42.6 Å². The molecule has 0 atom stereocenters. The molecule has 0 saturated carbocycles. The van der Waals surface area contributed by atoms with Crippen molar-refractivity contribution in [1.29, 1.82) is 0 Å². The van der Waals surface area contributed by atoms with Gasteiger partial charge in [0.05, 0.1) is 16.7 Å². The molecule has 13 aromatic carbocycles. The summed E-state index contributed by atoms with van der Waals surface area (Å²) in [7, 11) is 0. The van der Waals surface area contributed by atoms with E-state index in [1.165, 1.54) is 150 Å². The van der Waals surface area contributed by atoms with Gasteiger partial charge in [0.1, 0.15) is 0 Å². The van der Waals surface area contributed by atoms with Crippen molar-refractivity contribution in [2.24, 2.45) is 0 Å². The van der Waals surface area contributed by atoms with E-state index in [0.717, 1.165) is 34.1 Å². The van der Waals surface area contributed by atoms with Gasteiger partial charge in [0.2, 0.25) is 13.4 Å². The molecule has 6 aliphatic rings. The molecule has 0 bridgehead atoms. The Balaban J connectivity index is 0.840. The van der Waals surface area contributed by atoms with E-state index in [-0.39, 0.29) is 24.3 Å². The van der Waals surface area contributed by atoms with Crippen molar-refractivity contribution in [1.82, 2.24) is 4.57 Å². The highest BCUT2D eigenvalue weighted by molar-refractivity contribution is 8.02. The fourth-order valence-electron chi connectivity index (χ4n) is 17.3. The average molecular weight is 1270 g/mol. The van der Waals surface area contributed by atoms with Gasteiger partial charge in [0.15, 0.2) is 0 Å². The summed E-state index contributed by atoms with van der Waals surface area (Å²) in [6.45, 7) is 12.5. The summed E-state index contributed by atoms with van der Waals surface area (Å²) in [4.78, 5) is 15.8. The third-order valence-corrected chi connectivity index (χ3v) is 26.1. The molecule has 14 aromatic rings. The Morgan fingerprint density at radius 2 is 0.670 bits per heavy atom. The number of anilines is 6. The lowest BCUT2D eigenvalue weighted by Crippen LogP contribution is -2.64. The van der Waals surface area contributed by atoms with Crippen molar-refractivity contribution >= 4 is 149 Å². The third kappa shape index (κ3) is 7.67. The van der Waals surface area contributed by atoms with Gasteiger partial charge in [0, 0.05) is 94.9 Å². The molecule has 9 heteroatoms. The van der Waals surface area contributed by atoms with E-state index in [0.29, 0.717) is 0 Å².